The molecule has 0 aliphatic rings. The quantitative estimate of drug-likeness (QED) is 0.552. The van der Waals surface area contributed by atoms with Crippen LogP contribution in [0.1, 0.15) is 39.5 Å². The molecule has 0 bridgehead atoms. The fourth-order valence-corrected chi connectivity index (χ4v) is 3.33. The molecule has 0 heterocycles. The van der Waals surface area contributed by atoms with Crippen molar-refractivity contribution in [3.8, 4) is 0 Å². The summed E-state index contributed by atoms with van der Waals surface area (Å²) in [5, 5.41) is 10.4. The van der Waals surface area contributed by atoms with Crippen LogP contribution in [0.2, 0.25) is 0 Å². The molecule has 0 aromatic heterocycles. The first-order chi connectivity index (χ1) is 6.20. The predicted octanol–water partition coefficient (Wildman–Crippen LogP) is 0.955. The Hall–Kier alpha value is -0.180. The summed E-state index contributed by atoms with van der Waals surface area (Å²) < 4.78 is 0. The van der Waals surface area contributed by atoms with Crippen molar-refractivity contribution in [2.45, 2.75) is 39.5 Å². The summed E-state index contributed by atoms with van der Waals surface area (Å²) in [6.07, 6.45) is 4.62. The van der Waals surface area contributed by atoms with Crippen molar-refractivity contribution in [2.75, 3.05) is 17.3 Å². The number of hydrogen-bond donors (Lipinski definition) is 0. The average Bonchev–Trinajstić information content (AvgIpc) is 2.09. The van der Waals surface area contributed by atoms with Gasteiger partial charge in [-0.2, -0.15) is 0 Å². The number of aliphatic carboxylic acids is 1. The highest BCUT2D eigenvalue weighted by molar-refractivity contribution is 7.97. The normalized spacial score (nSPS) is 10.7. The summed E-state index contributed by atoms with van der Waals surface area (Å²) in [5.74, 6) is 1.55. The van der Waals surface area contributed by atoms with Crippen LogP contribution in [0, 0.1) is 0 Å². The third-order valence-corrected chi connectivity index (χ3v) is 4.27. The minimum absolute atomic E-state index is 0.0836. The summed E-state index contributed by atoms with van der Waals surface area (Å²) in [6, 6.07) is 0. The Kier molecular flexibility index (Phi) is 8.30. The van der Waals surface area contributed by atoms with Crippen LogP contribution in [0.25, 0.3) is 0 Å². The third-order valence-electron chi connectivity index (χ3n) is 1.90. The molecule has 0 radical (unpaired) electrons. The minimum atomic E-state index is -0.879. The number of carbonyl (C=O) groups is 1. The van der Waals surface area contributed by atoms with E-state index in [2.05, 4.69) is 13.8 Å². The molecule has 3 heteroatoms. The van der Waals surface area contributed by atoms with Gasteiger partial charge in [-0.15, -0.1) is 0 Å². The first kappa shape index (κ1) is 12.8. The summed E-state index contributed by atoms with van der Waals surface area (Å²) in [5.41, 5.74) is 0. The van der Waals surface area contributed by atoms with E-state index >= 15 is 0 Å². The summed E-state index contributed by atoms with van der Waals surface area (Å²) in [7, 11) is 0.0836. The van der Waals surface area contributed by atoms with Gasteiger partial charge in [-0.1, -0.05) is 26.7 Å². The molecule has 0 fully saturated rings. The Labute approximate surface area is 84.1 Å². The molecule has 0 saturated carbocycles. The predicted molar refractivity (Wildman–Crippen MR) is 56.8 cm³/mol. The fraction of sp³-hybridized carbons (Fsp3) is 0.900. The molecule has 0 aromatic rings. The zero-order chi connectivity index (χ0) is 10.1. The number of rotatable bonds is 8. The lowest BCUT2D eigenvalue weighted by atomic mass is 10.4. The molecule has 0 unspecified atom stereocenters. The van der Waals surface area contributed by atoms with E-state index in [-0.39, 0.29) is 16.6 Å². The highest BCUT2D eigenvalue weighted by Crippen LogP contribution is 2.05. The van der Waals surface area contributed by atoms with Crippen LogP contribution in [0.15, 0.2) is 0 Å². The molecular weight excluding hydrogens is 184 g/mol. The van der Waals surface area contributed by atoms with Gasteiger partial charge in [-0.3, -0.25) is 0 Å². The fourth-order valence-electron chi connectivity index (χ4n) is 1.11. The molecule has 0 saturated heterocycles. The Balaban J connectivity index is 3.66. The van der Waals surface area contributed by atoms with E-state index in [4.69, 9.17) is 0 Å². The topological polar surface area (TPSA) is 40.1 Å². The van der Waals surface area contributed by atoms with Gasteiger partial charge in [0, 0.05) is 0 Å². The first-order valence-electron chi connectivity index (χ1n) is 5.04. The van der Waals surface area contributed by atoms with Gasteiger partial charge in [0.2, 0.25) is 0 Å². The average molecular weight is 204 g/mol. The van der Waals surface area contributed by atoms with Gasteiger partial charge >= 0.3 is 0 Å². The van der Waals surface area contributed by atoms with Crippen molar-refractivity contribution in [3.05, 3.63) is 0 Å². The Morgan fingerprint density at radius 1 is 1.15 bits per heavy atom. The van der Waals surface area contributed by atoms with Crippen molar-refractivity contribution in [1.82, 2.24) is 0 Å². The van der Waals surface area contributed by atoms with Gasteiger partial charge in [-0.25, -0.2) is 0 Å². The lowest BCUT2D eigenvalue weighted by Crippen LogP contribution is -2.33. The second-order valence-electron chi connectivity index (χ2n) is 3.24. The van der Waals surface area contributed by atoms with E-state index < -0.39 is 5.97 Å². The van der Waals surface area contributed by atoms with E-state index in [0.29, 0.717) is 0 Å². The molecule has 0 amide bonds. The van der Waals surface area contributed by atoms with Crippen LogP contribution in [0.4, 0.5) is 0 Å². The second kappa shape index (κ2) is 8.42. The maximum Gasteiger partial charge on any atom is 0.147 e. The molecule has 0 rings (SSSR count). The monoisotopic (exact) mass is 204 g/mol. The lowest BCUT2D eigenvalue weighted by molar-refractivity contribution is -0.301. The largest absolute Gasteiger partial charge is 0.545 e. The maximum absolute atomic E-state index is 10.4. The molecule has 0 aliphatic carbocycles. The Morgan fingerprint density at radius 3 is 1.92 bits per heavy atom. The van der Waals surface area contributed by atoms with Gasteiger partial charge in [-0.05, 0) is 23.7 Å². The second-order valence-corrected chi connectivity index (χ2v) is 5.57. The van der Waals surface area contributed by atoms with Crippen molar-refractivity contribution in [2.24, 2.45) is 0 Å². The van der Waals surface area contributed by atoms with Crippen LogP contribution in [0.5, 0.6) is 0 Å². The molecule has 0 N–H and O–H groups in total. The summed E-state index contributed by atoms with van der Waals surface area (Å²) in [6.45, 7) is 4.28. The lowest BCUT2D eigenvalue weighted by Gasteiger charge is -2.08. The molecule has 2 nitrogen and oxygen atoms in total. The van der Waals surface area contributed by atoms with Gasteiger partial charge < -0.3 is 9.90 Å². The van der Waals surface area contributed by atoms with E-state index in [1.54, 1.807) is 0 Å². The third kappa shape index (κ3) is 8.16. The van der Waals surface area contributed by atoms with Crippen molar-refractivity contribution >= 4 is 16.9 Å². The van der Waals surface area contributed by atoms with Crippen molar-refractivity contribution < 1.29 is 9.90 Å². The van der Waals surface area contributed by atoms with Crippen LogP contribution in [-0.4, -0.2) is 23.2 Å². The first-order valence-corrected chi connectivity index (χ1v) is 6.77. The summed E-state index contributed by atoms with van der Waals surface area (Å²) >= 11 is 0. The molecule has 0 atom stereocenters. The smallest absolute Gasteiger partial charge is 0.147 e. The molecule has 13 heavy (non-hydrogen) atoms. The number of carboxylic acids is 1. The van der Waals surface area contributed by atoms with E-state index in [9.17, 15) is 9.90 Å². The standard InChI is InChI=1S/C10H20O2S/c1-3-5-7-13(8-6-4-2)9-10(11)12/h3-9H2,1-2H3. The molecule has 0 aliphatic heterocycles. The van der Waals surface area contributed by atoms with Crippen molar-refractivity contribution in [1.29, 1.82) is 0 Å². The van der Waals surface area contributed by atoms with Gasteiger partial charge in [0.05, 0.1) is 5.97 Å². The number of carboxylic acid groups (broad SMARTS) is 1. The van der Waals surface area contributed by atoms with E-state index in [1.807, 2.05) is 0 Å². The van der Waals surface area contributed by atoms with Crippen LogP contribution < -0.4 is 5.11 Å². The van der Waals surface area contributed by atoms with E-state index in [1.165, 1.54) is 0 Å². The number of unbranched alkanes of at least 4 members (excludes halogenated alkanes) is 2. The van der Waals surface area contributed by atoms with Gasteiger partial charge in [0.1, 0.15) is 17.3 Å². The number of hydrogen-bond acceptors (Lipinski definition) is 2. The number of carbonyl (C=O) groups excluding carboxylic acids is 1. The van der Waals surface area contributed by atoms with Crippen LogP contribution in [0.3, 0.4) is 0 Å². The highest BCUT2D eigenvalue weighted by atomic mass is 32.2. The van der Waals surface area contributed by atoms with E-state index in [0.717, 1.165) is 37.2 Å². The van der Waals surface area contributed by atoms with Gasteiger partial charge in [0.25, 0.3) is 0 Å². The summed E-state index contributed by atoms with van der Waals surface area (Å²) in [4.78, 5) is 10.4. The SMILES string of the molecule is CCCC[S+](CCCC)CC(=O)[O-]. The van der Waals surface area contributed by atoms with Crippen molar-refractivity contribution in [3.63, 3.8) is 0 Å². The van der Waals surface area contributed by atoms with Crippen LogP contribution in [-0.2, 0) is 15.7 Å². The molecule has 0 aromatic carbocycles. The maximum atomic E-state index is 10.4. The Morgan fingerprint density at radius 2 is 1.62 bits per heavy atom. The molecule has 78 valence electrons. The Bertz CT molecular complexity index is 129. The zero-order valence-electron chi connectivity index (χ0n) is 8.67. The zero-order valence-corrected chi connectivity index (χ0v) is 9.49. The highest BCUT2D eigenvalue weighted by Gasteiger charge is 2.16. The molecule has 0 spiro atoms. The molecular formula is C10H20O2S. The minimum Gasteiger partial charge on any atom is -0.545 e. The van der Waals surface area contributed by atoms with Gasteiger partial charge in [0.15, 0.2) is 0 Å². The van der Waals surface area contributed by atoms with Crippen LogP contribution >= 0.6 is 0 Å².